The molecule has 0 radical (unpaired) electrons. The summed E-state index contributed by atoms with van der Waals surface area (Å²) < 4.78 is 0. The van der Waals surface area contributed by atoms with Crippen molar-refractivity contribution in [3.8, 4) is 0 Å². The minimum atomic E-state index is -1.09. The van der Waals surface area contributed by atoms with Crippen LogP contribution in [-0.2, 0) is 20.8 Å². The highest BCUT2D eigenvalue weighted by Crippen LogP contribution is 2.15. The number of anilines is 1. The van der Waals surface area contributed by atoms with Gasteiger partial charge in [-0.25, -0.2) is 9.97 Å². The summed E-state index contributed by atoms with van der Waals surface area (Å²) in [5.74, 6) is -1.47. The van der Waals surface area contributed by atoms with E-state index in [2.05, 4.69) is 20.6 Å². The smallest absolute Gasteiger partial charge is 0.322 e. The van der Waals surface area contributed by atoms with E-state index in [1.807, 2.05) is 19.9 Å². The lowest BCUT2D eigenvalue weighted by molar-refractivity contribution is -0.137. The molecule has 0 saturated heterocycles. The van der Waals surface area contributed by atoms with Crippen molar-refractivity contribution in [2.45, 2.75) is 25.4 Å². The number of thioether (sulfide) groups is 1. The van der Waals surface area contributed by atoms with Crippen LogP contribution in [0.3, 0.4) is 0 Å². The molecule has 142 valence electrons. The van der Waals surface area contributed by atoms with E-state index in [1.165, 1.54) is 11.8 Å². The molecule has 1 aromatic carbocycles. The van der Waals surface area contributed by atoms with Gasteiger partial charge < -0.3 is 15.7 Å². The summed E-state index contributed by atoms with van der Waals surface area (Å²) in [5.41, 5.74) is 3.03. The molecule has 0 atom stereocenters. The fourth-order valence-electron chi connectivity index (χ4n) is 2.21. The van der Waals surface area contributed by atoms with Crippen molar-refractivity contribution in [1.82, 2.24) is 15.3 Å². The number of amides is 2. The number of aromatic nitrogens is 2. The third kappa shape index (κ3) is 7.45. The van der Waals surface area contributed by atoms with Crippen molar-refractivity contribution in [2.24, 2.45) is 0 Å². The molecule has 0 aliphatic carbocycles. The molecule has 0 aliphatic heterocycles. The van der Waals surface area contributed by atoms with E-state index < -0.39 is 12.5 Å². The Morgan fingerprint density at radius 1 is 1.04 bits per heavy atom. The lowest BCUT2D eigenvalue weighted by atomic mass is 10.1. The maximum atomic E-state index is 12.1. The molecule has 2 rings (SSSR count). The molecule has 1 heterocycles. The molecule has 0 aliphatic rings. The van der Waals surface area contributed by atoms with Gasteiger partial charge in [0.05, 0.1) is 12.2 Å². The zero-order valence-electron chi connectivity index (χ0n) is 15.0. The van der Waals surface area contributed by atoms with E-state index >= 15 is 0 Å². The van der Waals surface area contributed by atoms with Crippen LogP contribution in [0.5, 0.6) is 0 Å². The third-order valence-corrected chi connectivity index (χ3v) is 4.18. The number of aliphatic carboxylic acids is 1. The Balaban J connectivity index is 1.82. The first kappa shape index (κ1) is 20.4. The number of hydrogen-bond acceptors (Lipinski definition) is 6. The number of carbonyl (C=O) groups excluding carboxylic acids is 2. The second-order valence-electron chi connectivity index (χ2n) is 5.81. The predicted octanol–water partition coefficient (Wildman–Crippen LogP) is 1.57. The van der Waals surface area contributed by atoms with Crippen LogP contribution in [0.1, 0.15) is 17.0 Å². The van der Waals surface area contributed by atoms with Gasteiger partial charge in [-0.2, -0.15) is 0 Å². The number of rotatable bonds is 8. The number of nitrogens with zero attached hydrogens (tertiary/aromatic N) is 2. The van der Waals surface area contributed by atoms with Gasteiger partial charge in [0.15, 0.2) is 5.16 Å². The maximum absolute atomic E-state index is 12.1. The molecule has 0 bridgehead atoms. The lowest BCUT2D eigenvalue weighted by Crippen LogP contribution is -2.30. The standard InChI is InChI=1S/C18H20N4O4S/c1-11-7-12(2)21-18(20-11)27-10-16(24)22-14-5-3-13(4-6-14)8-15(23)19-9-17(25)26/h3-7H,8-10H2,1-2H3,(H,19,23)(H,22,24)(H,25,26). The molecular formula is C18H20N4O4S. The first-order valence-electron chi connectivity index (χ1n) is 8.14. The van der Waals surface area contributed by atoms with Crippen molar-refractivity contribution in [1.29, 1.82) is 0 Å². The fourth-order valence-corrected chi connectivity index (χ4v) is 2.96. The number of nitrogens with one attached hydrogen (secondary N) is 2. The van der Waals surface area contributed by atoms with Crippen molar-refractivity contribution < 1.29 is 19.5 Å². The minimum Gasteiger partial charge on any atom is -0.480 e. The first-order chi connectivity index (χ1) is 12.8. The Bertz CT molecular complexity index is 820. The Hall–Kier alpha value is -2.94. The average Bonchev–Trinajstić information content (AvgIpc) is 2.59. The quantitative estimate of drug-likeness (QED) is 0.463. The molecule has 0 saturated carbocycles. The van der Waals surface area contributed by atoms with Gasteiger partial charge in [-0.1, -0.05) is 23.9 Å². The predicted molar refractivity (Wildman–Crippen MR) is 102 cm³/mol. The van der Waals surface area contributed by atoms with E-state index in [9.17, 15) is 14.4 Å². The second-order valence-corrected chi connectivity index (χ2v) is 6.76. The molecule has 1 aromatic heterocycles. The molecule has 0 spiro atoms. The summed E-state index contributed by atoms with van der Waals surface area (Å²) in [6, 6.07) is 8.66. The van der Waals surface area contributed by atoms with Crippen LogP contribution in [-0.4, -0.2) is 45.2 Å². The summed E-state index contributed by atoms with van der Waals surface area (Å²) in [7, 11) is 0. The van der Waals surface area contributed by atoms with Gasteiger partial charge in [-0.3, -0.25) is 14.4 Å². The molecule has 27 heavy (non-hydrogen) atoms. The van der Waals surface area contributed by atoms with Crippen molar-refractivity contribution in [2.75, 3.05) is 17.6 Å². The Morgan fingerprint density at radius 2 is 1.67 bits per heavy atom. The number of carbonyl (C=O) groups is 3. The highest BCUT2D eigenvalue weighted by atomic mass is 32.2. The van der Waals surface area contributed by atoms with Crippen LogP contribution in [0.4, 0.5) is 5.69 Å². The number of carboxylic acid groups (broad SMARTS) is 1. The monoisotopic (exact) mass is 388 g/mol. The molecule has 2 amide bonds. The normalized spacial score (nSPS) is 10.3. The van der Waals surface area contributed by atoms with Crippen LogP contribution in [0.15, 0.2) is 35.5 Å². The van der Waals surface area contributed by atoms with Crippen molar-refractivity contribution >= 4 is 35.2 Å². The van der Waals surface area contributed by atoms with Gasteiger partial charge in [0.1, 0.15) is 6.54 Å². The van der Waals surface area contributed by atoms with E-state index in [-0.39, 0.29) is 24.0 Å². The molecular weight excluding hydrogens is 368 g/mol. The molecule has 2 aromatic rings. The molecule has 3 N–H and O–H groups in total. The zero-order chi connectivity index (χ0) is 19.8. The summed E-state index contributed by atoms with van der Waals surface area (Å²) in [4.78, 5) is 42.6. The van der Waals surface area contributed by atoms with E-state index in [0.29, 0.717) is 16.4 Å². The van der Waals surface area contributed by atoms with Gasteiger partial charge in [-0.15, -0.1) is 0 Å². The molecule has 0 unspecified atom stereocenters. The lowest BCUT2D eigenvalue weighted by Gasteiger charge is -2.07. The number of benzene rings is 1. The SMILES string of the molecule is Cc1cc(C)nc(SCC(=O)Nc2ccc(CC(=O)NCC(=O)O)cc2)n1. The van der Waals surface area contributed by atoms with Gasteiger partial charge in [0.25, 0.3) is 0 Å². The van der Waals surface area contributed by atoms with Crippen LogP contribution >= 0.6 is 11.8 Å². The van der Waals surface area contributed by atoms with Crippen molar-refractivity contribution in [3.05, 3.63) is 47.3 Å². The second kappa shape index (κ2) is 9.67. The summed E-state index contributed by atoms with van der Waals surface area (Å²) in [6.45, 7) is 3.35. The van der Waals surface area contributed by atoms with Gasteiger partial charge in [-0.05, 0) is 37.6 Å². The number of carboxylic acids is 1. The van der Waals surface area contributed by atoms with E-state index in [4.69, 9.17) is 5.11 Å². The van der Waals surface area contributed by atoms with Crippen LogP contribution in [0.2, 0.25) is 0 Å². The first-order valence-corrected chi connectivity index (χ1v) is 9.13. The molecule has 8 nitrogen and oxygen atoms in total. The summed E-state index contributed by atoms with van der Waals surface area (Å²) in [5, 5.41) is 14.2. The Kier molecular flexibility index (Phi) is 7.30. The van der Waals surface area contributed by atoms with Gasteiger partial charge in [0.2, 0.25) is 11.8 Å². The summed E-state index contributed by atoms with van der Waals surface area (Å²) >= 11 is 1.26. The third-order valence-electron chi connectivity index (χ3n) is 3.33. The number of aryl methyl sites for hydroxylation is 2. The van der Waals surface area contributed by atoms with Crippen LogP contribution in [0.25, 0.3) is 0 Å². The minimum absolute atomic E-state index is 0.0708. The van der Waals surface area contributed by atoms with Crippen LogP contribution in [0, 0.1) is 13.8 Å². The van der Waals surface area contributed by atoms with Crippen LogP contribution < -0.4 is 10.6 Å². The highest BCUT2D eigenvalue weighted by Gasteiger charge is 2.08. The number of hydrogen-bond donors (Lipinski definition) is 3. The fraction of sp³-hybridized carbons (Fsp3) is 0.278. The van der Waals surface area contributed by atoms with E-state index in [0.717, 1.165) is 11.4 Å². The molecule has 9 heteroatoms. The summed E-state index contributed by atoms with van der Waals surface area (Å²) in [6.07, 6.45) is 0.0708. The van der Waals surface area contributed by atoms with E-state index in [1.54, 1.807) is 24.3 Å². The Morgan fingerprint density at radius 3 is 2.26 bits per heavy atom. The van der Waals surface area contributed by atoms with Gasteiger partial charge in [0, 0.05) is 17.1 Å². The molecule has 0 fully saturated rings. The Labute approximate surface area is 160 Å². The van der Waals surface area contributed by atoms with Crippen molar-refractivity contribution in [3.63, 3.8) is 0 Å². The largest absolute Gasteiger partial charge is 0.480 e. The average molecular weight is 388 g/mol. The van der Waals surface area contributed by atoms with Gasteiger partial charge >= 0.3 is 5.97 Å². The zero-order valence-corrected chi connectivity index (χ0v) is 15.8. The topological polar surface area (TPSA) is 121 Å². The highest BCUT2D eigenvalue weighted by molar-refractivity contribution is 7.99. The maximum Gasteiger partial charge on any atom is 0.322 e.